The molecule has 3 nitrogen and oxygen atoms in total. The second kappa shape index (κ2) is 3.31. The maximum Gasteiger partial charge on any atom is 0.193 e. The lowest BCUT2D eigenvalue weighted by Gasteiger charge is -2.03. The van der Waals surface area contributed by atoms with Gasteiger partial charge in [0.25, 0.3) is 0 Å². The van der Waals surface area contributed by atoms with E-state index in [1.807, 2.05) is 12.3 Å². The van der Waals surface area contributed by atoms with Crippen molar-refractivity contribution in [1.29, 1.82) is 0 Å². The number of hydrogen-bond acceptors (Lipinski definition) is 4. The van der Waals surface area contributed by atoms with Crippen LogP contribution in [0.15, 0.2) is 24.5 Å². The molecular weight excluding hydrogens is 198 g/mol. The second-order valence-corrected chi connectivity index (χ2v) is 4.25. The molecule has 0 N–H and O–H groups in total. The van der Waals surface area contributed by atoms with E-state index in [-0.39, 0.29) is 6.29 Å². The van der Waals surface area contributed by atoms with Gasteiger partial charge < -0.3 is 9.47 Å². The van der Waals surface area contributed by atoms with Gasteiger partial charge in [-0.25, -0.2) is 0 Å². The van der Waals surface area contributed by atoms with Crippen molar-refractivity contribution in [3.8, 4) is 0 Å². The van der Waals surface area contributed by atoms with Gasteiger partial charge in [0, 0.05) is 12.4 Å². The Hall–Kier alpha value is -0.970. The molecule has 3 heterocycles. The fourth-order valence-electron chi connectivity index (χ4n) is 1.54. The number of aromatic nitrogens is 1. The van der Waals surface area contributed by atoms with Gasteiger partial charge in [-0.3, -0.25) is 4.98 Å². The number of pyridine rings is 1. The van der Waals surface area contributed by atoms with E-state index in [9.17, 15) is 0 Å². The first-order valence-electron chi connectivity index (χ1n) is 4.50. The minimum atomic E-state index is -0.160. The van der Waals surface area contributed by atoms with Crippen LogP contribution >= 0.6 is 11.3 Å². The molecule has 1 aliphatic heterocycles. The normalized spacial score (nSPS) is 18.0. The monoisotopic (exact) mass is 207 g/mol. The van der Waals surface area contributed by atoms with Crippen molar-refractivity contribution in [3.63, 3.8) is 0 Å². The number of thiophene rings is 1. The van der Waals surface area contributed by atoms with E-state index in [0.29, 0.717) is 13.2 Å². The topological polar surface area (TPSA) is 31.4 Å². The van der Waals surface area contributed by atoms with Gasteiger partial charge in [-0.05, 0) is 17.5 Å². The van der Waals surface area contributed by atoms with E-state index < -0.39 is 0 Å². The van der Waals surface area contributed by atoms with Crippen LogP contribution in [-0.4, -0.2) is 18.2 Å². The van der Waals surface area contributed by atoms with Gasteiger partial charge in [-0.2, -0.15) is 0 Å². The molecule has 0 unspecified atom stereocenters. The summed E-state index contributed by atoms with van der Waals surface area (Å²) in [6, 6.07) is 4.11. The van der Waals surface area contributed by atoms with E-state index >= 15 is 0 Å². The Labute approximate surface area is 85.3 Å². The van der Waals surface area contributed by atoms with Crippen molar-refractivity contribution in [2.45, 2.75) is 6.29 Å². The highest BCUT2D eigenvalue weighted by Gasteiger charge is 2.20. The smallest absolute Gasteiger partial charge is 0.193 e. The van der Waals surface area contributed by atoms with Crippen molar-refractivity contribution in [3.05, 3.63) is 29.4 Å². The highest BCUT2D eigenvalue weighted by molar-refractivity contribution is 7.19. The maximum atomic E-state index is 5.44. The molecule has 1 aliphatic rings. The summed E-state index contributed by atoms with van der Waals surface area (Å²) in [5.41, 5.74) is 0. The summed E-state index contributed by atoms with van der Waals surface area (Å²) in [5.74, 6) is 0. The minimum absolute atomic E-state index is 0.160. The summed E-state index contributed by atoms with van der Waals surface area (Å²) in [7, 11) is 0. The molecule has 2 aromatic rings. The maximum absolute atomic E-state index is 5.44. The van der Waals surface area contributed by atoms with E-state index in [1.54, 1.807) is 17.5 Å². The zero-order valence-corrected chi connectivity index (χ0v) is 8.29. The van der Waals surface area contributed by atoms with E-state index in [4.69, 9.17) is 9.47 Å². The van der Waals surface area contributed by atoms with Gasteiger partial charge in [-0.1, -0.05) is 0 Å². The van der Waals surface area contributed by atoms with Gasteiger partial charge in [0.05, 0.1) is 22.8 Å². The first-order valence-corrected chi connectivity index (χ1v) is 5.32. The number of fused-ring (bicyclic) bond motifs is 1. The first kappa shape index (κ1) is 8.35. The Morgan fingerprint density at radius 1 is 1.36 bits per heavy atom. The highest BCUT2D eigenvalue weighted by atomic mass is 32.1. The standard InChI is InChI=1S/C10H9NO2S/c1-2-11-6-9-7(1)5-8(14-9)10-12-3-4-13-10/h1-2,5-6,10H,3-4H2. The summed E-state index contributed by atoms with van der Waals surface area (Å²) in [6.45, 7) is 1.38. The van der Waals surface area contributed by atoms with Crippen LogP contribution in [0.25, 0.3) is 10.1 Å². The SMILES string of the molecule is c1cc2cc(C3OCCO3)sc2cn1. The van der Waals surface area contributed by atoms with Crippen LogP contribution in [0.4, 0.5) is 0 Å². The zero-order valence-electron chi connectivity index (χ0n) is 7.47. The molecule has 4 heteroatoms. The summed E-state index contributed by atoms with van der Waals surface area (Å²) in [6.07, 6.45) is 3.51. The second-order valence-electron chi connectivity index (χ2n) is 3.14. The van der Waals surface area contributed by atoms with Gasteiger partial charge in [0.1, 0.15) is 0 Å². The van der Waals surface area contributed by atoms with Crippen LogP contribution in [0.3, 0.4) is 0 Å². The number of ether oxygens (including phenoxy) is 2. The van der Waals surface area contributed by atoms with Gasteiger partial charge in [0.15, 0.2) is 6.29 Å². The molecule has 1 fully saturated rings. The van der Waals surface area contributed by atoms with Crippen molar-refractivity contribution in [1.82, 2.24) is 4.98 Å². The van der Waals surface area contributed by atoms with E-state index in [1.165, 1.54) is 10.1 Å². The number of nitrogens with zero attached hydrogens (tertiary/aromatic N) is 1. The fourth-order valence-corrected chi connectivity index (χ4v) is 2.57. The van der Waals surface area contributed by atoms with Gasteiger partial charge in [0.2, 0.25) is 0 Å². The van der Waals surface area contributed by atoms with Crippen LogP contribution in [0, 0.1) is 0 Å². The molecule has 0 radical (unpaired) electrons. The lowest BCUT2D eigenvalue weighted by Crippen LogP contribution is -1.93. The first-order chi connectivity index (χ1) is 6.93. The Morgan fingerprint density at radius 2 is 2.21 bits per heavy atom. The lowest BCUT2D eigenvalue weighted by atomic mass is 10.3. The Kier molecular flexibility index (Phi) is 1.97. The Morgan fingerprint density at radius 3 is 3.00 bits per heavy atom. The number of hydrogen-bond donors (Lipinski definition) is 0. The molecule has 72 valence electrons. The van der Waals surface area contributed by atoms with Crippen molar-refractivity contribution in [2.75, 3.05) is 13.2 Å². The molecule has 14 heavy (non-hydrogen) atoms. The summed E-state index contributed by atoms with van der Waals surface area (Å²) in [4.78, 5) is 5.21. The third kappa shape index (κ3) is 1.32. The summed E-state index contributed by atoms with van der Waals surface area (Å²) in [5, 5.41) is 1.21. The predicted octanol–water partition coefficient (Wildman–Crippen LogP) is 2.34. The van der Waals surface area contributed by atoms with Crippen molar-refractivity contribution < 1.29 is 9.47 Å². The van der Waals surface area contributed by atoms with Crippen LogP contribution in [0.1, 0.15) is 11.2 Å². The predicted molar refractivity (Wildman–Crippen MR) is 54.3 cm³/mol. The Balaban J connectivity index is 2.05. The average molecular weight is 207 g/mol. The largest absolute Gasteiger partial charge is 0.345 e. The number of rotatable bonds is 1. The average Bonchev–Trinajstić information content (AvgIpc) is 2.86. The van der Waals surface area contributed by atoms with Crippen LogP contribution in [-0.2, 0) is 9.47 Å². The Bertz CT molecular complexity index is 415. The van der Waals surface area contributed by atoms with Crippen LogP contribution in [0.2, 0.25) is 0 Å². The quantitative estimate of drug-likeness (QED) is 0.719. The van der Waals surface area contributed by atoms with Crippen molar-refractivity contribution >= 4 is 21.4 Å². The summed E-state index contributed by atoms with van der Waals surface area (Å²) < 4.78 is 12.1. The summed E-state index contributed by atoms with van der Waals surface area (Å²) >= 11 is 1.68. The fraction of sp³-hybridized carbons (Fsp3) is 0.300. The molecule has 3 rings (SSSR count). The van der Waals surface area contributed by atoms with E-state index in [0.717, 1.165) is 4.88 Å². The molecule has 0 atom stereocenters. The van der Waals surface area contributed by atoms with E-state index in [2.05, 4.69) is 11.1 Å². The molecular formula is C10H9NO2S. The molecule has 0 amide bonds. The molecule has 0 bridgehead atoms. The van der Waals surface area contributed by atoms with Crippen molar-refractivity contribution in [2.24, 2.45) is 0 Å². The molecule has 0 spiro atoms. The third-order valence-corrected chi connectivity index (χ3v) is 3.30. The van der Waals surface area contributed by atoms with Crippen LogP contribution in [0.5, 0.6) is 0 Å². The van der Waals surface area contributed by atoms with Crippen LogP contribution < -0.4 is 0 Å². The molecule has 0 saturated carbocycles. The molecule has 0 aliphatic carbocycles. The highest BCUT2D eigenvalue weighted by Crippen LogP contribution is 2.33. The third-order valence-electron chi connectivity index (χ3n) is 2.20. The zero-order chi connectivity index (χ0) is 9.38. The minimum Gasteiger partial charge on any atom is -0.345 e. The van der Waals surface area contributed by atoms with Gasteiger partial charge >= 0.3 is 0 Å². The molecule has 1 saturated heterocycles. The molecule has 0 aromatic carbocycles. The van der Waals surface area contributed by atoms with Gasteiger partial charge in [-0.15, -0.1) is 11.3 Å². The molecule has 2 aromatic heterocycles. The lowest BCUT2D eigenvalue weighted by molar-refractivity contribution is -0.0412.